The number of carbonyl (C=O) groups excluding carboxylic acids is 1. The van der Waals surface area contributed by atoms with Crippen molar-refractivity contribution in [3.63, 3.8) is 0 Å². The zero-order valence-electron chi connectivity index (χ0n) is 16.0. The van der Waals surface area contributed by atoms with Gasteiger partial charge in [-0.1, -0.05) is 30.3 Å². The van der Waals surface area contributed by atoms with Gasteiger partial charge < -0.3 is 10.0 Å². The van der Waals surface area contributed by atoms with Crippen LogP contribution in [0, 0.1) is 5.92 Å². The Morgan fingerprint density at radius 3 is 2.36 bits per heavy atom. The highest BCUT2D eigenvalue weighted by Crippen LogP contribution is 2.32. The Balaban J connectivity index is 1.41. The largest absolute Gasteiger partial charge is 0.478 e. The standard InChI is InChI=1S/C23H26N2O3/c26-22(18-8-10-19(11-9-18)23(27)28)25-14-12-21-20(16-25)7-4-13-24(21)15-17-5-2-1-3-6-17/h1-3,5-6,8-11,20-21H,4,7,12-16H2,(H,27,28). The van der Waals surface area contributed by atoms with Gasteiger partial charge in [-0.25, -0.2) is 4.79 Å². The third kappa shape index (κ3) is 3.94. The van der Waals surface area contributed by atoms with Gasteiger partial charge in [0, 0.05) is 31.2 Å². The predicted molar refractivity (Wildman–Crippen MR) is 107 cm³/mol. The fraction of sp³-hybridized carbons (Fsp3) is 0.391. The lowest BCUT2D eigenvalue weighted by Crippen LogP contribution is -2.54. The summed E-state index contributed by atoms with van der Waals surface area (Å²) in [4.78, 5) is 28.4. The molecule has 2 saturated heterocycles. The van der Waals surface area contributed by atoms with E-state index in [4.69, 9.17) is 5.11 Å². The molecule has 2 atom stereocenters. The molecule has 1 N–H and O–H groups in total. The number of hydrogen-bond donors (Lipinski definition) is 1. The summed E-state index contributed by atoms with van der Waals surface area (Å²) in [5, 5.41) is 9.02. The van der Waals surface area contributed by atoms with Crippen LogP contribution >= 0.6 is 0 Å². The monoisotopic (exact) mass is 378 g/mol. The maximum atomic E-state index is 12.9. The zero-order valence-corrected chi connectivity index (χ0v) is 16.0. The minimum absolute atomic E-state index is 0.00979. The van der Waals surface area contributed by atoms with Crippen molar-refractivity contribution in [3.8, 4) is 0 Å². The van der Waals surface area contributed by atoms with Crippen molar-refractivity contribution < 1.29 is 14.7 Å². The summed E-state index contributed by atoms with van der Waals surface area (Å²) in [6.45, 7) is 3.65. The van der Waals surface area contributed by atoms with Gasteiger partial charge in [-0.15, -0.1) is 0 Å². The number of aromatic carboxylic acids is 1. The number of nitrogens with zero attached hydrogens (tertiary/aromatic N) is 2. The lowest BCUT2D eigenvalue weighted by atomic mass is 9.83. The molecular weight excluding hydrogens is 352 g/mol. The molecule has 1 amide bonds. The van der Waals surface area contributed by atoms with Crippen molar-refractivity contribution in [2.24, 2.45) is 5.92 Å². The number of rotatable bonds is 4. The highest BCUT2D eigenvalue weighted by Gasteiger charge is 2.37. The summed E-state index contributed by atoms with van der Waals surface area (Å²) >= 11 is 0. The number of piperidine rings is 2. The molecule has 0 aliphatic carbocycles. The average molecular weight is 378 g/mol. The molecule has 0 spiro atoms. The predicted octanol–water partition coefficient (Wildman–Crippen LogP) is 3.51. The lowest BCUT2D eigenvalue weighted by molar-refractivity contribution is 0.0175. The van der Waals surface area contributed by atoms with Gasteiger partial charge in [0.25, 0.3) is 5.91 Å². The molecule has 4 rings (SSSR count). The van der Waals surface area contributed by atoms with E-state index in [1.54, 1.807) is 12.1 Å². The van der Waals surface area contributed by atoms with Crippen molar-refractivity contribution in [1.82, 2.24) is 9.80 Å². The van der Waals surface area contributed by atoms with Crippen LogP contribution in [-0.2, 0) is 6.54 Å². The Kier molecular flexibility index (Phi) is 5.44. The molecule has 0 saturated carbocycles. The summed E-state index contributed by atoms with van der Waals surface area (Å²) in [5.41, 5.74) is 2.12. The van der Waals surface area contributed by atoms with E-state index in [0.29, 0.717) is 17.5 Å². The molecule has 2 fully saturated rings. The first kappa shape index (κ1) is 18.7. The fourth-order valence-corrected chi connectivity index (χ4v) is 4.64. The molecule has 0 aromatic heterocycles. The summed E-state index contributed by atoms with van der Waals surface area (Å²) < 4.78 is 0. The molecule has 2 aliphatic heterocycles. The molecule has 0 bridgehead atoms. The number of likely N-dealkylation sites (tertiary alicyclic amines) is 2. The normalized spacial score (nSPS) is 22.5. The highest BCUT2D eigenvalue weighted by molar-refractivity contribution is 5.96. The summed E-state index contributed by atoms with van der Waals surface area (Å²) in [5.74, 6) is -0.454. The molecule has 0 radical (unpaired) electrons. The molecule has 5 heteroatoms. The van der Waals surface area contributed by atoms with Crippen LogP contribution in [0.25, 0.3) is 0 Å². The van der Waals surface area contributed by atoms with Crippen LogP contribution in [0.15, 0.2) is 54.6 Å². The summed E-state index contributed by atoms with van der Waals surface area (Å²) in [6.07, 6.45) is 3.33. The quantitative estimate of drug-likeness (QED) is 0.884. The molecule has 2 aromatic carbocycles. The zero-order chi connectivity index (χ0) is 19.5. The van der Waals surface area contributed by atoms with Crippen LogP contribution in [0.5, 0.6) is 0 Å². The van der Waals surface area contributed by atoms with E-state index in [1.165, 1.54) is 24.1 Å². The molecule has 2 unspecified atom stereocenters. The average Bonchev–Trinajstić information content (AvgIpc) is 2.74. The molecule has 2 aromatic rings. The second-order valence-electron chi connectivity index (χ2n) is 7.85. The van der Waals surface area contributed by atoms with Gasteiger partial charge in [0.1, 0.15) is 0 Å². The highest BCUT2D eigenvalue weighted by atomic mass is 16.4. The van der Waals surface area contributed by atoms with Gasteiger partial charge in [-0.2, -0.15) is 0 Å². The number of amides is 1. The van der Waals surface area contributed by atoms with Crippen LogP contribution in [-0.4, -0.2) is 52.5 Å². The number of benzene rings is 2. The van der Waals surface area contributed by atoms with E-state index in [1.807, 2.05) is 4.90 Å². The van der Waals surface area contributed by atoms with E-state index in [9.17, 15) is 9.59 Å². The molecule has 2 aliphatic rings. The van der Waals surface area contributed by atoms with Crippen molar-refractivity contribution in [3.05, 3.63) is 71.3 Å². The smallest absolute Gasteiger partial charge is 0.335 e. The molecule has 2 heterocycles. The first-order valence-electron chi connectivity index (χ1n) is 10.0. The number of carbonyl (C=O) groups is 2. The number of carboxylic acids is 1. The summed E-state index contributed by atoms with van der Waals surface area (Å²) in [7, 11) is 0. The second-order valence-corrected chi connectivity index (χ2v) is 7.85. The van der Waals surface area contributed by atoms with Gasteiger partial charge in [0.05, 0.1) is 5.56 Å². The van der Waals surface area contributed by atoms with Crippen molar-refractivity contribution in [2.45, 2.75) is 31.8 Å². The van der Waals surface area contributed by atoms with Gasteiger partial charge >= 0.3 is 5.97 Å². The first-order valence-corrected chi connectivity index (χ1v) is 10.0. The molecular formula is C23H26N2O3. The Bertz CT molecular complexity index is 835. The van der Waals surface area contributed by atoms with Crippen LogP contribution < -0.4 is 0 Å². The second kappa shape index (κ2) is 8.15. The Morgan fingerprint density at radius 1 is 0.929 bits per heavy atom. The third-order valence-corrected chi connectivity index (χ3v) is 6.08. The van der Waals surface area contributed by atoms with E-state index in [-0.39, 0.29) is 11.5 Å². The van der Waals surface area contributed by atoms with Crippen LogP contribution in [0.3, 0.4) is 0 Å². The maximum absolute atomic E-state index is 12.9. The SMILES string of the molecule is O=C(O)c1ccc(C(=O)N2CCC3C(CCCN3Cc3ccccc3)C2)cc1. The topological polar surface area (TPSA) is 60.9 Å². The minimum atomic E-state index is -0.972. The maximum Gasteiger partial charge on any atom is 0.335 e. The third-order valence-electron chi connectivity index (χ3n) is 6.08. The minimum Gasteiger partial charge on any atom is -0.478 e. The molecule has 146 valence electrons. The van der Waals surface area contributed by atoms with Gasteiger partial charge in [-0.05, 0) is 61.6 Å². The van der Waals surface area contributed by atoms with Crippen molar-refractivity contribution >= 4 is 11.9 Å². The van der Waals surface area contributed by atoms with Crippen LogP contribution in [0.1, 0.15) is 45.5 Å². The Hall–Kier alpha value is -2.66. The van der Waals surface area contributed by atoms with Crippen molar-refractivity contribution in [1.29, 1.82) is 0 Å². The number of fused-ring (bicyclic) bond motifs is 1. The van der Waals surface area contributed by atoms with Gasteiger partial charge in [0.2, 0.25) is 0 Å². The summed E-state index contributed by atoms with van der Waals surface area (Å²) in [6, 6.07) is 17.4. The van der Waals surface area contributed by atoms with Gasteiger partial charge in [0.15, 0.2) is 0 Å². The Morgan fingerprint density at radius 2 is 1.64 bits per heavy atom. The number of carboxylic acid groups (broad SMARTS) is 1. The van der Waals surface area contributed by atoms with E-state index in [2.05, 4.69) is 35.2 Å². The van der Waals surface area contributed by atoms with Crippen LogP contribution in [0.2, 0.25) is 0 Å². The van der Waals surface area contributed by atoms with E-state index < -0.39 is 5.97 Å². The first-order chi connectivity index (χ1) is 13.6. The lowest BCUT2D eigenvalue weighted by Gasteiger charge is -2.47. The number of hydrogen-bond acceptors (Lipinski definition) is 3. The van der Waals surface area contributed by atoms with E-state index in [0.717, 1.165) is 39.0 Å². The van der Waals surface area contributed by atoms with Gasteiger partial charge in [-0.3, -0.25) is 9.69 Å². The molecule has 28 heavy (non-hydrogen) atoms. The van der Waals surface area contributed by atoms with Crippen LogP contribution in [0.4, 0.5) is 0 Å². The molecule has 5 nitrogen and oxygen atoms in total. The van der Waals surface area contributed by atoms with Crippen molar-refractivity contribution in [2.75, 3.05) is 19.6 Å². The fourth-order valence-electron chi connectivity index (χ4n) is 4.64. The van der Waals surface area contributed by atoms with E-state index >= 15 is 0 Å². The Labute approximate surface area is 165 Å².